The molecule has 0 saturated carbocycles. The highest BCUT2D eigenvalue weighted by molar-refractivity contribution is 6.02. The van der Waals surface area contributed by atoms with Crippen LogP contribution >= 0.6 is 0 Å². The quantitative estimate of drug-likeness (QED) is 0.749. The Morgan fingerprint density at radius 2 is 1.73 bits per heavy atom. The maximum Gasteiger partial charge on any atom is 0.387 e. The van der Waals surface area contributed by atoms with Crippen LogP contribution in [0.4, 0.5) is 18.9 Å². The average Bonchev–Trinajstić information content (AvgIpc) is 2.60. The third-order valence-corrected chi connectivity index (χ3v) is 3.25. The van der Waals surface area contributed by atoms with Crippen LogP contribution in [-0.2, 0) is 4.79 Å². The Bertz CT molecular complexity index is 809. The molecule has 1 amide bonds. The number of hydrogen-bond acceptors (Lipinski definition) is 4. The number of ether oxygens (including phenoxy) is 3. The van der Waals surface area contributed by atoms with E-state index in [1.54, 1.807) is 6.07 Å². The first kappa shape index (κ1) is 19.2. The molecule has 0 radical (unpaired) electrons. The molecule has 8 heteroatoms. The van der Waals surface area contributed by atoms with Gasteiger partial charge in [-0.2, -0.15) is 8.78 Å². The highest BCUT2D eigenvalue weighted by Crippen LogP contribution is 2.31. The zero-order valence-electron chi connectivity index (χ0n) is 14.0. The highest BCUT2D eigenvalue weighted by Gasteiger charge is 2.12. The van der Waals surface area contributed by atoms with Crippen LogP contribution in [0, 0.1) is 5.82 Å². The maximum absolute atomic E-state index is 13.6. The minimum absolute atomic E-state index is 0.0939. The zero-order chi connectivity index (χ0) is 19.1. The zero-order valence-corrected chi connectivity index (χ0v) is 14.0. The van der Waals surface area contributed by atoms with Crippen LogP contribution in [-0.4, -0.2) is 26.7 Å². The average molecular weight is 367 g/mol. The third-order valence-electron chi connectivity index (χ3n) is 3.25. The summed E-state index contributed by atoms with van der Waals surface area (Å²) in [5, 5.41) is 2.49. The smallest absolute Gasteiger partial charge is 0.387 e. The fourth-order valence-electron chi connectivity index (χ4n) is 2.08. The van der Waals surface area contributed by atoms with Gasteiger partial charge < -0.3 is 19.5 Å². The Kier molecular flexibility index (Phi) is 6.48. The number of rotatable bonds is 7. The molecule has 0 bridgehead atoms. The first-order chi connectivity index (χ1) is 12.4. The molecule has 0 unspecified atom stereocenters. The van der Waals surface area contributed by atoms with Gasteiger partial charge in [-0.3, -0.25) is 4.79 Å². The topological polar surface area (TPSA) is 56.8 Å². The molecular weight excluding hydrogens is 351 g/mol. The van der Waals surface area contributed by atoms with Crippen molar-refractivity contribution in [3.8, 4) is 17.2 Å². The molecule has 0 atom stereocenters. The van der Waals surface area contributed by atoms with Gasteiger partial charge in [0.1, 0.15) is 0 Å². The lowest BCUT2D eigenvalue weighted by Crippen LogP contribution is -2.09. The van der Waals surface area contributed by atoms with Crippen LogP contribution in [0.2, 0.25) is 0 Å². The second kappa shape index (κ2) is 8.80. The van der Waals surface area contributed by atoms with E-state index in [1.807, 2.05) is 0 Å². The number of nitrogens with one attached hydrogen (secondary N) is 1. The van der Waals surface area contributed by atoms with Crippen molar-refractivity contribution >= 4 is 17.7 Å². The number of alkyl halides is 2. The van der Waals surface area contributed by atoms with Crippen molar-refractivity contribution in [3.05, 3.63) is 53.9 Å². The van der Waals surface area contributed by atoms with Crippen molar-refractivity contribution < 1.29 is 32.2 Å². The molecule has 0 spiro atoms. The molecule has 0 aromatic heterocycles. The van der Waals surface area contributed by atoms with Gasteiger partial charge in [0.2, 0.25) is 5.91 Å². The lowest BCUT2D eigenvalue weighted by molar-refractivity contribution is -0.111. The largest absolute Gasteiger partial charge is 0.494 e. The summed E-state index contributed by atoms with van der Waals surface area (Å²) in [6.45, 7) is -3.03. The Balaban J connectivity index is 2.08. The fourth-order valence-corrected chi connectivity index (χ4v) is 2.08. The van der Waals surface area contributed by atoms with E-state index in [1.165, 1.54) is 56.7 Å². The van der Waals surface area contributed by atoms with Crippen LogP contribution in [0.3, 0.4) is 0 Å². The van der Waals surface area contributed by atoms with Gasteiger partial charge in [-0.25, -0.2) is 4.39 Å². The standard InChI is InChI=1S/C18H16F3NO4/c1-24-14-6-3-11(9-13(14)19)4-8-17(23)22-12-5-7-15(25-2)16(10-12)26-18(20)21/h3-10,18H,1-2H3,(H,22,23). The molecule has 5 nitrogen and oxygen atoms in total. The van der Waals surface area contributed by atoms with Gasteiger partial charge >= 0.3 is 6.61 Å². The number of anilines is 1. The van der Waals surface area contributed by atoms with E-state index in [4.69, 9.17) is 9.47 Å². The van der Waals surface area contributed by atoms with E-state index < -0.39 is 18.3 Å². The molecule has 0 aliphatic heterocycles. The van der Waals surface area contributed by atoms with Crippen LogP contribution in [0.15, 0.2) is 42.5 Å². The molecule has 0 aliphatic rings. The van der Waals surface area contributed by atoms with Crippen molar-refractivity contribution in [2.24, 2.45) is 0 Å². The Hall–Kier alpha value is -3.16. The number of hydrogen-bond donors (Lipinski definition) is 1. The van der Waals surface area contributed by atoms with Gasteiger partial charge in [0, 0.05) is 17.8 Å². The minimum atomic E-state index is -3.03. The van der Waals surface area contributed by atoms with E-state index in [-0.39, 0.29) is 22.9 Å². The molecule has 2 rings (SSSR count). The fraction of sp³-hybridized carbons (Fsp3) is 0.167. The second-order valence-electron chi connectivity index (χ2n) is 4.96. The number of benzene rings is 2. The molecule has 1 N–H and O–H groups in total. The van der Waals surface area contributed by atoms with Crippen LogP contribution < -0.4 is 19.5 Å². The molecule has 138 valence electrons. The van der Waals surface area contributed by atoms with Crippen molar-refractivity contribution in [2.45, 2.75) is 6.61 Å². The highest BCUT2D eigenvalue weighted by atomic mass is 19.3. The van der Waals surface area contributed by atoms with E-state index in [0.29, 0.717) is 5.56 Å². The summed E-state index contributed by atoms with van der Waals surface area (Å²) < 4.78 is 52.5. The number of methoxy groups -OCH3 is 2. The molecule has 26 heavy (non-hydrogen) atoms. The molecule has 0 saturated heterocycles. The summed E-state index contributed by atoms with van der Waals surface area (Å²) in [5.41, 5.74) is 0.687. The molecule has 0 fully saturated rings. The van der Waals surface area contributed by atoms with E-state index in [0.717, 1.165) is 0 Å². The van der Waals surface area contributed by atoms with Gasteiger partial charge in [0.25, 0.3) is 0 Å². The summed E-state index contributed by atoms with van der Waals surface area (Å²) in [6, 6.07) is 8.29. The molecule has 0 aliphatic carbocycles. The number of halogens is 3. The van der Waals surface area contributed by atoms with Crippen LogP contribution in [0.25, 0.3) is 6.08 Å². The predicted octanol–water partition coefficient (Wildman–Crippen LogP) is 4.10. The Morgan fingerprint density at radius 3 is 2.35 bits per heavy atom. The molecule has 2 aromatic carbocycles. The SMILES string of the molecule is COc1ccc(C=CC(=O)Nc2ccc(OC)c(OC(F)F)c2)cc1F. The van der Waals surface area contributed by atoms with Crippen molar-refractivity contribution in [1.82, 2.24) is 0 Å². The normalized spacial score (nSPS) is 10.8. The molecular formula is C18H16F3NO4. The first-order valence-corrected chi connectivity index (χ1v) is 7.38. The lowest BCUT2D eigenvalue weighted by atomic mass is 10.2. The number of amides is 1. The lowest BCUT2D eigenvalue weighted by Gasteiger charge is -2.11. The monoisotopic (exact) mass is 367 g/mol. The maximum atomic E-state index is 13.6. The number of carbonyl (C=O) groups excluding carboxylic acids is 1. The Labute approximate surface area is 148 Å². The third kappa shape index (κ3) is 5.17. The second-order valence-corrected chi connectivity index (χ2v) is 4.96. The van der Waals surface area contributed by atoms with E-state index >= 15 is 0 Å². The summed E-state index contributed by atoms with van der Waals surface area (Å²) in [4.78, 5) is 11.9. The van der Waals surface area contributed by atoms with Crippen molar-refractivity contribution in [2.75, 3.05) is 19.5 Å². The summed E-state index contributed by atoms with van der Waals surface area (Å²) in [5.74, 6) is -1.10. The van der Waals surface area contributed by atoms with Gasteiger partial charge in [0.15, 0.2) is 23.1 Å². The summed E-state index contributed by atoms with van der Waals surface area (Å²) >= 11 is 0. The first-order valence-electron chi connectivity index (χ1n) is 7.38. The predicted molar refractivity (Wildman–Crippen MR) is 90.2 cm³/mol. The van der Waals surface area contributed by atoms with Crippen molar-refractivity contribution in [1.29, 1.82) is 0 Å². The summed E-state index contributed by atoms with van der Waals surface area (Å²) in [7, 11) is 2.66. The van der Waals surface area contributed by atoms with E-state index in [9.17, 15) is 18.0 Å². The Morgan fingerprint density at radius 1 is 1.04 bits per heavy atom. The van der Waals surface area contributed by atoms with Gasteiger partial charge in [-0.1, -0.05) is 6.07 Å². The van der Waals surface area contributed by atoms with Crippen molar-refractivity contribution in [3.63, 3.8) is 0 Å². The molecule has 2 aromatic rings. The van der Waals surface area contributed by atoms with E-state index in [2.05, 4.69) is 10.1 Å². The molecule has 0 heterocycles. The summed E-state index contributed by atoms with van der Waals surface area (Å²) in [6.07, 6.45) is 2.58. The van der Waals surface area contributed by atoms with Gasteiger partial charge in [0.05, 0.1) is 14.2 Å². The minimum Gasteiger partial charge on any atom is -0.494 e. The van der Waals surface area contributed by atoms with Gasteiger partial charge in [-0.15, -0.1) is 0 Å². The van der Waals surface area contributed by atoms with Crippen LogP contribution in [0.1, 0.15) is 5.56 Å². The van der Waals surface area contributed by atoms with Gasteiger partial charge in [-0.05, 0) is 35.9 Å². The van der Waals surface area contributed by atoms with Crippen LogP contribution in [0.5, 0.6) is 17.2 Å². The number of carbonyl (C=O) groups is 1.